The minimum atomic E-state index is -4.19. The molecule has 1 atom stereocenters. The first kappa shape index (κ1) is 31.3. The van der Waals surface area contributed by atoms with Crippen LogP contribution >= 0.6 is 0 Å². The number of carbonyl (C=O) groups is 2. The van der Waals surface area contributed by atoms with Crippen molar-refractivity contribution in [1.29, 1.82) is 0 Å². The summed E-state index contributed by atoms with van der Waals surface area (Å²) in [5, 5.41) is 19.8. The number of carbonyl (C=O) groups excluding carboxylic acids is 1. The summed E-state index contributed by atoms with van der Waals surface area (Å²) in [7, 11) is -4.19. The van der Waals surface area contributed by atoms with Crippen molar-refractivity contribution in [2.24, 2.45) is 10.4 Å². The maximum Gasteiger partial charge on any atom is 0.327 e. The predicted octanol–water partition coefficient (Wildman–Crippen LogP) is 2.56. The molecule has 2 heterocycles. The van der Waals surface area contributed by atoms with Crippen molar-refractivity contribution in [3.05, 3.63) is 60.2 Å². The number of sulfonamides is 1. The molecule has 2 aromatic rings. The molecule has 11 nitrogen and oxygen atoms in total. The van der Waals surface area contributed by atoms with Gasteiger partial charge in [-0.3, -0.25) is 14.6 Å². The van der Waals surface area contributed by atoms with E-state index in [1.807, 2.05) is 12.1 Å². The molecule has 0 aromatic heterocycles. The highest BCUT2D eigenvalue weighted by Gasteiger charge is 2.52. The summed E-state index contributed by atoms with van der Waals surface area (Å²) < 4.78 is 28.6. The lowest BCUT2D eigenvalue weighted by atomic mass is 9.74. The summed E-state index contributed by atoms with van der Waals surface area (Å²) in [6, 6.07) is 15.1. The van der Waals surface area contributed by atoms with Crippen LogP contribution in [0, 0.1) is 5.41 Å². The fourth-order valence-corrected chi connectivity index (χ4v) is 6.74. The van der Waals surface area contributed by atoms with E-state index in [0.717, 1.165) is 63.5 Å². The molecule has 1 amide bonds. The first-order valence-corrected chi connectivity index (χ1v) is 15.9. The van der Waals surface area contributed by atoms with Crippen LogP contribution in [0.4, 0.5) is 5.69 Å². The summed E-state index contributed by atoms with van der Waals surface area (Å²) in [6.07, 6.45) is 4.16. The average Bonchev–Trinajstić information content (AvgIpc) is 3.24. The molecule has 12 heteroatoms. The third kappa shape index (κ3) is 7.40. The molecular weight excluding hydrogens is 556 g/mol. The lowest BCUT2D eigenvalue weighted by Crippen LogP contribution is -2.67. The number of nitrogens with zero attached hydrogens (tertiary/aromatic N) is 2. The third-order valence-electron chi connectivity index (χ3n) is 8.00. The second kappa shape index (κ2) is 13.1. The van der Waals surface area contributed by atoms with E-state index < -0.39 is 39.4 Å². The Hall–Kier alpha value is -3.64. The van der Waals surface area contributed by atoms with E-state index in [1.165, 1.54) is 12.1 Å². The van der Waals surface area contributed by atoms with Gasteiger partial charge in [-0.15, -0.1) is 0 Å². The van der Waals surface area contributed by atoms with E-state index in [2.05, 4.69) is 30.6 Å². The highest BCUT2D eigenvalue weighted by Crippen LogP contribution is 2.32. The van der Waals surface area contributed by atoms with Gasteiger partial charge < -0.3 is 26.0 Å². The number of nitrogens with one attached hydrogen (secondary N) is 4. The first-order chi connectivity index (χ1) is 19.9. The largest absolute Gasteiger partial charge is 0.480 e. The summed E-state index contributed by atoms with van der Waals surface area (Å²) >= 11 is 0. The molecule has 0 bridgehead atoms. The van der Waals surface area contributed by atoms with E-state index in [9.17, 15) is 23.1 Å². The number of anilines is 1. The van der Waals surface area contributed by atoms with Crippen LogP contribution in [-0.4, -0.2) is 75.7 Å². The third-order valence-corrected chi connectivity index (χ3v) is 9.51. The Labute approximate surface area is 248 Å². The maximum atomic E-state index is 13.1. The molecule has 2 aromatic carbocycles. The molecule has 4 rings (SSSR count). The molecule has 228 valence electrons. The minimum absolute atomic E-state index is 0.0588. The van der Waals surface area contributed by atoms with Crippen molar-refractivity contribution in [2.45, 2.75) is 62.9 Å². The van der Waals surface area contributed by atoms with Gasteiger partial charge in [-0.25, -0.2) is 8.42 Å². The van der Waals surface area contributed by atoms with Crippen molar-refractivity contribution >= 4 is 33.5 Å². The van der Waals surface area contributed by atoms with Crippen LogP contribution in [0.2, 0.25) is 0 Å². The number of amides is 1. The molecule has 2 aliphatic heterocycles. The van der Waals surface area contributed by atoms with E-state index in [-0.39, 0.29) is 4.90 Å². The molecule has 0 saturated carbocycles. The molecular formula is C30H42N6O5S. The maximum absolute atomic E-state index is 13.1. The number of aliphatic imine (C=N–C) groups is 1. The Morgan fingerprint density at radius 3 is 2.31 bits per heavy atom. The molecule has 42 heavy (non-hydrogen) atoms. The number of benzene rings is 2. The van der Waals surface area contributed by atoms with E-state index in [1.54, 1.807) is 51.1 Å². The Kier molecular flexibility index (Phi) is 9.78. The van der Waals surface area contributed by atoms with Gasteiger partial charge in [0.1, 0.15) is 0 Å². The second-order valence-corrected chi connectivity index (χ2v) is 13.6. The zero-order valence-corrected chi connectivity index (χ0v) is 25.3. The first-order valence-electron chi connectivity index (χ1n) is 14.4. The van der Waals surface area contributed by atoms with Gasteiger partial charge in [0.25, 0.3) is 5.91 Å². The van der Waals surface area contributed by atoms with Gasteiger partial charge >= 0.3 is 5.97 Å². The van der Waals surface area contributed by atoms with Gasteiger partial charge in [0.15, 0.2) is 11.5 Å². The van der Waals surface area contributed by atoms with Crippen LogP contribution in [-0.2, 0) is 14.8 Å². The Bertz CT molecular complexity index is 1370. The van der Waals surface area contributed by atoms with Crippen molar-refractivity contribution in [1.82, 2.24) is 20.7 Å². The number of hydrogen-bond acceptors (Lipinski definition) is 8. The Balaban J connectivity index is 1.38. The smallest absolute Gasteiger partial charge is 0.327 e. The van der Waals surface area contributed by atoms with Gasteiger partial charge in [-0.1, -0.05) is 39.0 Å². The van der Waals surface area contributed by atoms with Crippen molar-refractivity contribution in [3.8, 4) is 0 Å². The monoisotopic (exact) mass is 598 g/mol. The van der Waals surface area contributed by atoms with Crippen LogP contribution in [0.25, 0.3) is 0 Å². The zero-order valence-electron chi connectivity index (χ0n) is 24.5. The quantitative estimate of drug-likeness (QED) is 0.295. The van der Waals surface area contributed by atoms with Gasteiger partial charge in [0.05, 0.1) is 4.90 Å². The number of guanidine groups is 1. The number of aliphatic carboxylic acids is 1. The number of carboxylic acids is 1. The number of hydrogen-bond donors (Lipinski definition) is 5. The van der Waals surface area contributed by atoms with E-state index in [0.29, 0.717) is 11.6 Å². The lowest BCUT2D eigenvalue weighted by Gasteiger charge is -2.41. The van der Waals surface area contributed by atoms with Gasteiger partial charge in [-0.2, -0.15) is 4.72 Å². The van der Waals surface area contributed by atoms with Crippen molar-refractivity contribution in [3.63, 3.8) is 0 Å². The summed E-state index contributed by atoms with van der Waals surface area (Å²) in [5.41, 5.74) is -1.74. The topological polar surface area (TPSA) is 152 Å². The minimum Gasteiger partial charge on any atom is -0.480 e. The summed E-state index contributed by atoms with van der Waals surface area (Å²) in [4.78, 5) is 32.5. The Morgan fingerprint density at radius 1 is 1.02 bits per heavy atom. The fraction of sp³-hybridized carbons (Fsp3) is 0.500. The predicted molar refractivity (Wildman–Crippen MR) is 163 cm³/mol. The summed E-state index contributed by atoms with van der Waals surface area (Å²) in [5.74, 6) is -0.979. The number of piperidine rings is 1. The number of carboxylic acid groups (broad SMARTS) is 1. The average molecular weight is 599 g/mol. The SMILES string of the molecule is CC(C)(C)[C@@](CNC(=O)c1ccc(N2CCC(NC3=NCCCCN3)CC2)cc1)(NS(=O)(=O)c1ccccc1)C(=O)O. The van der Waals surface area contributed by atoms with E-state index in [4.69, 9.17) is 0 Å². The molecule has 1 saturated heterocycles. The van der Waals surface area contributed by atoms with Crippen LogP contribution < -0.4 is 25.6 Å². The second-order valence-electron chi connectivity index (χ2n) is 11.9. The van der Waals surface area contributed by atoms with Crippen LogP contribution in [0.3, 0.4) is 0 Å². The van der Waals surface area contributed by atoms with Gasteiger partial charge in [0.2, 0.25) is 10.0 Å². The zero-order chi connectivity index (χ0) is 30.4. The molecule has 0 spiro atoms. The normalized spacial score (nSPS) is 18.2. The highest BCUT2D eigenvalue weighted by molar-refractivity contribution is 7.89. The molecule has 1 fully saturated rings. The lowest BCUT2D eigenvalue weighted by molar-refractivity contribution is -0.148. The Morgan fingerprint density at radius 2 is 1.69 bits per heavy atom. The molecule has 0 radical (unpaired) electrons. The van der Waals surface area contributed by atoms with Crippen LogP contribution in [0.15, 0.2) is 64.5 Å². The highest BCUT2D eigenvalue weighted by atomic mass is 32.2. The molecule has 2 aliphatic rings. The number of rotatable bonds is 9. The molecule has 0 aliphatic carbocycles. The summed E-state index contributed by atoms with van der Waals surface area (Å²) in [6.45, 7) is 7.94. The molecule has 0 unspecified atom stereocenters. The van der Waals surface area contributed by atoms with Gasteiger partial charge in [-0.05, 0) is 67.5 Å². The fourth-order valence-electron chi connectivity index (χ4n) is 5.18. The van der Waals surface area contributed by atoms with Crippen molar-refractivity contribution in [2.75, 3.05) is 37.6 Å². The van der Waals surface area contributed by atoms with Crippen LogP contribution in [0.5, 0.6) is 0 Å². The standard InChI is InChI=1S/C30H42N6O5S/c1-29(2,3)30(27(38)39,35-42(40,41)25-9-5-4-6-10-25)21-33-26(37)22-11-13-24(14-12-22)36-19-15-23(16-20-36)34-28-31-17-7-8-18-32-28/h4-6,9-14,23,35H,7-8,15-21H2,1-3H3,(H,33,37)(H,38,39)(H2,31,32,34)/t30-/m0/s1. The van der Waals surface area contributed by atoms with Crippen LogP contribution in [0.1, 0.15) is 56.8 Å². The van der Waals surface area contributed by atoms with E-state index >= 15 is 0 Å². The molecule has 5 N–H and O–H groups in total. The van der Waals surface area contributed by atoms with Gasteiger partial charge in [0, 0.05) is 50.0 Å². The van der Waals surface area contributed by atoms with Crippen molar-refractivity contribution < 1.29 is 23.1 Å².